The minimum atomic E-state index is -2.60. The van der Waals surface area contributed by atoms with Gasteiger partial charge in [0.1, 0.15) is 5.82 Å². The van der Waals surface area contributed by atoms with Gasteiger partial charge in [0.15, 0.2) is 11.2 Å². The summed E-state index contributed by atoms with van der Waals surface area (Å²) >= 11 is 0.370. The molecule has 0 aliphatic carbocycles. The molecule has 34 heavy (non-hydrogen) atoms. The number of anilines is 1. The number of nitrogens with zero attached hydrogens (tertiary/aromatic N) is 3. The number of amides is 1. The lowest BCUT2D eigenvalue weighted by Gasteiger charge is -2.12. The quantitative estimate of drug-likeness (QED) is 0.389. The van der Waals surface area contributed by atoms with Gasteiger partial charge in [0.25, 0.3) is 11.3 Å². The van der Waals surface area contributed by atoms with Crippen LogP contribution in [0.15, 0.2) is 38.8 Å². The average Bonchev–Trinajstić information content (AvgIpc) is 3.11. The molecule has 2 aromatic heterocycles. The summed E-state index contributed by atoms with van der Waals surface area (Å²) in [5.41, 5.74) is -0.0547. The molecule has 0 saturated carbocycles. The van der Waals surface area contributed by atoms with E-state index in [1.165, 1.54) is 10.6 Å². The monoisotopic (exact) mass is 493 g/mol. The Labute approximate surface area is 199 Å². The summed E-state index contributed by atoms with van der Waals surface area (Å²) in [4.78, 5) is 45.0. The maximum absolute atomic E-state index is 12.8. The maximum Gasteiger partial charge on any atom is 0.330 e. The van der Waals surface area contributed by atoms with E-state index in [9.17, 15) is 23.2 Å². The number of fused-ring (bicyclic) bond motifs is 1. The van der Waals surface area contributed by atoms with Gasteiger partial charge in [-0.2, -0.15) is 8.78 Å². The molecule has 8 nitrogen and oxygen atoms in total. The molecule has 1 amide bonds. The van der Waals surface area contributed by atoms with Crippen LogP contribution in [0, 0.1) is 5.92 Å². The SMILES string of the molecule is CCCCn1c(=O)[nH]c(=O)c2c1nc(CCC(=O)Nc1ccccc1SC(F)F)n2CC(C)C. The molecule has 2 heterocycles. The van der Waals surface area contributed by atoms with Crippen molar-refractivity contribution in [3.05, 3.63) is 50.9 Å². The number of carbonyl (C=O) groups is 1. The molecule has 184 valence electrons. The van der Waals surface area contributed by atoms with Crippen LogP contribution in [0.1, 0.15) is 45.9 Å². The molecular formula is C23H29F2N5O3S. The summed E-state index contributed by atoms with van der Waals surface area (Å²) in [7, 11) is 0. The van der Waals surface area contributed by atoms with E-state index in [4.69, 9.17) is 0 Å². The van der Waals surface area contributed by atoms with Crippen molar-refractivity contribution in [3.8, 4) is 0 Å². The van der Waals surface area contributed by atoms with Crippen molar-refractivity contribution in [1.82, 2.24) is 19.1 Å². The van der Waals surface area contributed by atoms with Crippen molar-refractivity contribution in [2.75, 3.05) is 5.32 Å². The van der Waals surface area contributed by atoms with E-state index in [1.807, 2.05) is 20.8 Å². The van der Waals surface area contributed by atoms with Crippen molar-refractivity contribution in [2.45, 2.75) is 70.2 Å². The Hall–Kier alpha value is -2.95. The second-order valence-electron chi connectivity index (χ2n) is 8.39. The normalized spacial score (nSPS) is 11.6. The fraction of sp³-hybridized carbons (Fsp3) is 0.478. The molecule has 0 spiro atoms. The number of rotatable bonds is 11. The number of halogens is 2. The third kappa shape index (κ3) is 6.13. The van der Waals surface area contributed by atoms with Gasteiger partial charge in [-0.15, -0.1) is 0 Å². The van der Waals surface area contributed by atoms with E-state index >= 15 is 0 Å². The molecule has 0 aliphatic heterocycles. The standard InChI is InChI=1S/C23H29F2N5O3S/c1-4-5-12-29-20-19(21(32)28-23(29)33)30(13-14(2)3)17(27-20)10-11-18(31)26-15-8-6-7-9-16(15)34-22(24)25/h6-9,14,22H,4-5,10-13H2,1-3H3,(H,26,31)(H,28,32,33). The van der Waals surface area contributed by atoms with Gasteiger partial charge in [0, 0.05) is 30.8 Å². The summed E-state index contributed by atoms with van der Waals surface area (Å²) in [6.07, 6.45) is 1.88. The highest BCUT2D eigenvalue weighted by atomic mass is 32.2. The van der Waals surface area contributed by atoms with Crippen molar-refractivity contribution >= 4 is 34.5 Å². The highest BCUT2D eigenvalue weighted by Gasteiger charge is 2.20. The van der Waals surface area contributed by atoms with E-state index in [1.54, 1.807) is 22.8 Å². The number of alkyl halides is 2. The molecule has 0 bridgehead atoms. The lowest BCUT2D eigenvalue weighted by molar-refractivity contribution is -0.116. The number of aryl methyl sites for hydroxylation is 2. The smallest absolute Gasteiger partial charge is 0.325 e. The number of aromatic nitrogens is 4. The van der Waals surface area contributed by atoms with Crippen LogP contribution in [0.2, 0.25) is 0 Å². The molecule has 0 atom stereocenters. The first-order valence-electron chi connectivity index (χ1n) is 11.3. The van der Waals surface area contributed by atoms with Crippen LogP contribution in [0.4, 0.5) is 14.5 Å². The Kier molecular flexibility index (Phi) is 8.65. The number of thioether (sulfide) groups is 1. The van der Waals surface area contributed by atoms with Crippen LogP contribution in [0.25, 0.3) is 11.2 Å². The number of unbranched alkanes of at least 4 members (excludes halogenated alkanes) is 1. The number of carbonyl (C=O) groups excluding carboxylic acids is 1. The minimum absolute atomic E-state index is 0.0339. The van der Waals surface area contributed by atoms with Gasteiger partial charge in [-0.05, 0) is 24.5 Å². The topological polar surface area (TPSA) is 102 Å². The van der Waals surface area contributed by atoms with Gasteiger partial charge < -0.3 is 9.88 Å². The Morgan fingerprint density at radius 1 is 1.21 bits per heavy atom. The van der Waals surface area contributed by atoms with E-state index < -0.39 is 17.0 Å². The Morgan fingerprint density at radius 3 is 2.62 bits per heavy atom. The minimum Gasteiger partial charge on any atom is -0.325 e. The third-order valence-electron chi connectivity index (χ3n) is 5.20. The van der Waals surface area contributed by atoms with Gasteiger partial charge in [0.2, 0.25) is 5.91 Å². The lowest BCUT2D eigenvalue weighted by Crippen LogP contribution is -2.31. The number of benzene rings is 1. The molecule has 2 N–H and O–H groups in total. The summed E-state index contributed by atoms with van der Waals surface area (Å²) in [5, 5.41) is 2.69. The van der Waals surface area contributed by atoms with Crippen LogP contribution in [-0.4, -0.2) is 30.8 Å². The summed E-state index contributed by atoms with van der Waals surface area (Å²) in [5.74, 6) is -2.24. The molecule has 3 rings (SSSR count). The molecule has 1 aromatic carbocycles. The summed E-state index contributed by atoms with van der Waals surface area (Å²) in [6, 6.07) is 6.39. The molecule has 0 unspecified atom stereocenters. The summed E-state index contributed by atoms with van der Waals surface area (Å²) < 4.78 is 28.9. The zero-order chi connectivity index (χ0) is 24.8. The predicted octanol–water partition coefficient (Wildman–Crippen LogP) is 4.23. The second kappa shape index (κ2) is 11.5. The van der Waals surface area contributed by atoms with Crippen LogP contribution in [0.3, 0.4) is 0 Å². The first-order chi connectivity index (χ1) is 16.2. The lowest BCUT2D eigenvalue weighted by atomic mass is 10.2. The molecule has 0 aliphatic rings. The largest absolute Gasteiger partial charge is 0.330 e. The zero-order valence-corrected chi connectivity index (χ0v) is 20.3. The van der Waals surface area contributed by atoms with Crippen molar-refractivity contribution < 1.29 is 13.6 Å². The van der Waals surface area contributed by atoms with E-state index in [0.29, 0.717) is 47.5 Å². The van der Waals surface area contributed by atoms with Gasteiger partial charge in [0.05, 0.1) is 5.69 Å². The number of hydrogen-bond donors (Lipinski definition) is 2. The molecule has 0 fully saturated rings. The highest BCUT2D eigenvalue weighted by molar-refractivity contribution is 7.99. The van der Waals surface area contributed by atoms with Crippen LogP contribution in [-0.2, 0) is 24.3 Å². The fourth-order valence-electron chi connectivity index (χ4n) is 3.70. The fourth-order valence-corrected chi connectivity index (χ4v) is 4.30. The van der Waals surface area contributed by atoms with Crippen LogP contribution in [0.5, 0.6) is 0 Å². The number of imidazole rings is 1. The summed E-state index contributed by atoms with van der Waals surface area (Å²) in [6.45, 7) is 6.94. The Bertz CT molecular complexity index is 1270. The van der Waals surface area contributed by atoms with Crippen LogP contribution < -0.4 is 16.6 Å². The molecule has 0 saturated heterocycles. The number of para-hydroxylation sites is 1. The molecular weight excluding hydrogens is 464 g/mol. The zero-order valence-electron chi connectivity index (χ0n) is 19.4. The van der Waals surface area contributed by atoms with E-state index in [2.05, 4.69) is 15.3 Å². The predicted molar refractivity (Wildman–Crippen MR) is 130 cm³/mol. The Balaban J connectivity index is 1.89. The first-order valence-corrected chi connectivity index (χ1v) is 12.1. The van der Waals surface area contributed by atoms with Crippen molar-refractivity contribution in [1.29, 1.82) is 0 Å². The first kappa shape index (κ1) is 25.7. The third-order valence-corrected chi connectivity index (χ3v) is 5.99. The molecule has 3 aromatic rings. The van der Waals surface area contributed by atoms with Gasteiger partial charge >= 0.3 is 5.69 Å². The number of nitrogens with one attached hydrogen (secondary N) is 2. The average molecular weight is 494 g/mol. The molecule has 0 radical (unpaired) electrons. The second-order valence-corrected chi connectivity index (χ2v) is 9.42. The van der Waals surface area contributed by atoms with Crippen molar-refractivity contribution in [3.63, 3.8) is 0 Å². The van der Waals surface area contributed by atoms with Gasteiger partial charge in [-0.1, -0.05) is 51.1 Å². The Morgan fingerprint density at radius 2 is 1.94 bits per heavy atom. The molecule has 11 heteroatoms. The van der Waals surface area contributed by atoms with E-state index in [-0.39, 0.29) is 29.6 Å². The van der Waals surface area contributed by atoms with E-state index in [0.717, 1.165) is 12.8 Å². The highest BCUT2D eigenvalue weighted by Crippen LogP contribution is 2.31. The number of hydrogen-bond acceptors (Lipinski definition) is 5. The number of H-pyrrole nitrogens is 1. The van der Waals surface area contributed by atoms with Gasteiger partial charge in [-0.25, -0.2) is 9.78 Å². The van der Waals surface area contributed by atoms with Crippen molar-refractivity contribution in [2.24, 2.45) is 5.92 Å². The number of aromatic amines is 1. The van der Waals surface area contributed by atoms with Crippen LogP contribution >= 0.6 is 11.8 Å². The maximum atomic E-state index is 12.8. The van der Waals surface area contributed by atoms with Gasteiger partial charge in [-0.3, -0.25) is 19.1 Å².